The number of nitrogens with one attached hydrogen (secondary N) is 1. The molecule has 0 aliphatic heterocycles. The van der Waals surface area contributed by atoms with Crippen molar-refractivity contribution >= 4 is 17.3 Å². The molecule has 0 bridgehead atoms. The van der Waals surface area contributed by atoms with Crippen LogP contribution in [-0.2, 0) is 18.3 Å². The molecule has 1 unspecified atom stereocenters. The Bertz CT molecular complexity index is 1160. The number of aromatic nitrogens is 2. The number of carboxylic acids is 1. The Balaban J connectivity index is 2.10. The van der Waals surface area contributed by atoms with Crippen LogP contribution in [-0.4, -0.2) is 36.2 Å². The molecular formula is C21H24N4O5. The number of phenols is 2. The average molecular weight is 412 g/mol. The molecule has 0 saturated carbocycles. The Morgan fingerprint density at radius 2 is 1.77 bits per heavy atom. The number of para-hydroxylation sites is 1. The number of benzene rings is 2. The maximum absolute atomic E-state index is 13.1. The number of hydrogen-bond acceptors (Lipinski definition) is 6. The maximum atomic E-state index is 13.1. The fraction of sp³-hybridized carbons (Fsp3) is 0.238. The highest BCUT2D eigenvalue weighted by molar-refractivity contribution is 5.79. The number of phenolic OH excluding ortho intramolecular Hbond substituents is 2. The summed E-state index contributed by atoms with van der Waals surface area (Å²) in [6, 6.07) is 11.6. The Hall–Kier alpha value is -3.72. The molecular weight excluding hydrogens is 388 g/mol. The largest absolute Gasteiger partial charge is 0.504 e. The molecule has 0 aliphatic rings. The first-order valence-electron chi connectivity index (χ1n) is 9.21. The van der Waals surface area contributed by atoms with Crippen LogP contribution in [0.25, 0.3) is 5.69 Å². The highest BCUT2D eigenvalue weighted by Crippen LogP contribution is 2.35. The van der Waals surface area contributed by atoms with Gasteiger partial charge in [-0.1, -0.05) is 18.2 Å². The van der Waals surface area contributed by atoms with E-state index in [0.29, 0.717) is 16.9 Å². The fourth-order valence-corrected chi connectivity index (χ4v) is 3.20. The Labute approximate surface area is 172 Å². The molecule has 1 aromatic heterocycles. The summed E-state index contributed by atoms with van der Waals surface area (Å²) in [4.78, 5) is 24.6. The van der Waals surface area contributed by atoms with Gasteiger partial charge in [0.2, 0.25) is 0 Å². The zero-order chi connectivity index (χ0) is 22.2. The van der Waals surface area contributed by atoms with Crippen LogP contribution < -0.4 is 16.6 Å². The van der Waals surface area contributed by atoms with E-state index in [1.807, 2.05) is 18.2 Å². The standard InChI is InChI=1S/C21H24N4O5/c1-12-18(19(28)25(24(12)3)14-7-5-4-6-8-14)23-15-10-17(27)16(26)9-13(15)11-21(2,22)20(29)30/h4-10,23,26-27H,11,22H2,1-3H3,(H,29,30). The molecule has 9 heteroatoms. The predicted molar refractivity (Wildman–Crippen MR) is 113 cm³/mol. The number of carboxylic acid groups (broad SMARTS) is 1. The summed E-state index contributed by atoms with van der Waals surface area (Å²) < 4.78 is 3.17. The number of anilines is 2. The lowest BCUT2D eigenvalue weighted by atomic mass is 9.92. The fourth-order valence-electron chi connectivity index (χ4n) is 3.20. The van der Waals surface area contributed by atoms with E-state index in [-0.39, 0.29) is 23.4 Å². The number of nitrogens with two attached hydrogens (primary N) is 1. The van der Waals surface area contributed by atoms with E-state index >= 15 is 0 Å². The lowest BCUT2D eigenvalue weighted by molar-refractivity contribution is -0.142. The van der Waals surface area contributed by atoms with Crippen molar-refractivity contribution in [3.05, 3.63) is 64.1 Å². The van der Waals surface area contributed by atoms with Gasteiger partial charge in [-0.3, -0.25) is 14.3 Å². The SMILES string of the molecule is Cc1c(Nc2cc(O)c(O)cc2CC(C)(N)C(=O)O)c(=O)n(-c2ccccc2)n1C. The molecule has 0 saturated heterocycles. The van der Waals surface area contributed by atoms with Crippen LogP contribution in [0.5, 0.6) is 11.5 Å². The summed E-state index contributed by atoms with van der Waals surface area (Å²) >= 11 is 0. The second-order valence-electron chi connectivity index (χ2n) is 7.46. The Kier molecular flexibility index (Phi) is 5.32. The van der Waals surface area contributed by atoms with E-state index in [4.69, 9.17) is 5.73 Å². The van der Waals surface area contributed by atoms with Gasteiger partial charge >= 0.3 is 5.97 Å². The van der Waals surface area contributed by atoms with Gasteiger partial charge < -0.3 is 26.4 Å². The summed E-state index contributed by atoms with van der Waals surface area (Å²) in [5.41, 5.74) is 6.08. The third-order valence-corrected chi connectivity index (χ3v) is 5.06. The van der Waals surface area contributed by atoms with Crippen molar-refractivity contribution in [3.8, 4) is 17.2 Å². The number of carbonyl (C=O) groups is 1. The second-order valence-corrected chi connectivity index (χ2v) is 7.46. The van der Waals surface area contributed by atoms with Gasteiger partial charge in [-0.2, -0.15) is 0 Å². The number of nitrogens with zero attached hydrogens (tertiary/aromatic N) is 2. The van der Waals surface area contributed by atoms with Gasteiger partial charge in [-0.05, 0) is 37.6 Å². The van der Waals surface area contributed by atoms with E-state index in [9.17, 15) is 24.9 Å². The summed E-state index contributed by atoms with van der Waals surface area (Å²) in [6.45, 7) is 3.10. The van der Waals surface area contributed by atoms with Gasteiger partial charge in [0.15, 0.2) is 11.5 Å². The molecule has 158 valence electrons. The molecule has 0 aliphatic carbocycles. The van der Waals surface area contributed by atoms with Crippen LogP contribution >= 0.6 is 0 Å². The predicted octanol–water partition coefficient (Wildman–Crippen LogP) is 1.98. The Morgan fingerprint density at radius 3 is 2.37 bits per heavy atom. The van der Waals surface area contributed by atoms with Crippen LogP contribution in [0.1, 0.15) is 18.2 Å². The molecule has 6 N–H and O–H groups in total. The molecule has 1 heterocycles. The normalized spacial score (nSPS) is 13.1. The van der Waals surface area contributed by atoms with Crippen molar-refractivity contribution in [1.29, 1.82) is 0 Å². The number of hydrogen-bond donors (Lipinski definition) is 5. The first kappa shape index (κ1) is 21.0. The van der Waals surface area contributed by atoms with E-state index in [0.717, 1.165) is 0 Å². The lowest BCUT2D eigenvalue weighted by Gasteiger charge is -2.21. The van der Waals surface area contributed by atoms with E-state index < -0.39 is 23.0 Å². The van der Waals surface area contributed by atoms with Crippen molar-refractivity contribution < 1.29 is 20.1 Å². The molecule has 0 spiro atoms. The van der Waals surface area contributed by atoms with Crippen molar-refractivity contribution in [2.24, 2.45) is 12.8 Å². The van der Waals surface area contributed by atoms with Crippen LogP contribution in [0.4, 0.5) is 11.4 Å². The van der Waals surface area contributed by atoms with Crippen molar-refractivity contribution in [3.63, 3.8) is 0 Å². The maximum Gasteiger partial charge on any atom is 0.323 e. The van der Waals surface area contributed by atoms with Crippen LogP contribution in [0.3, 0.4) is 0 Å². The smallest absolute Gasteiger partial charge is 0.323 e. The molecule has 2 aromatic carbocycles. The monoisotopic (exact) mass is 412 g/mol. The van der Waals surface area contributed by atoms with Crippen molar-refractivity contribution in [2.75, 3.05) is 5.32 Å². The van der Waals surface area contributed by atoms with Gasteiger partial charge in [0.05, 0.1) is 11.4 Å². The molecule has 30 heavy (non-hydrogen) atoms. The van der Waals surface area contributed by atoms with Gasteiger partial charge in [-0.25, -0.2) is 4.68 Å². The molecule has 0 radical (unpaired) electrons. The highest BCUT2D eigenvalue weighted by atomic mass is 16.4. The number of aliphatic carboxylic acids is 1. The summed E-state index contributed by atoms with van der Waals surface area (Å²) in [5, 5.41) is 32.2. The minimum absolute atomic E-state index is 0.142. The molecule has 0 amide bonds. The van der Waals surface area contributed by atoms with Crippen LogP contribution in [0, 0.1) is 6.92 Å². The molecule has 0 fully saturated rings. The van der Waals surface area contributed by atoms with Gasteiger partial charge in [0.1, 0.15) is 11.2 Å². The minimum Gasteiger partial charge on any atom is -0.504 e. The van der Waals surface area contributed by atoms with E-state index in [2.05, 4.69) is 5.32 Å². The van der Waals surface area contributed by atoms with E-state index in [1.165, 1.54) is 23.7 Å². The molecule has 3 rings (SSSR count). The van der Waals surface area contributed by atoms with Crippen molar-refractivity contribution in [2.45, 2.75) is 25.8 Å². The highest BCUT2D eigenvalue weighted by Gasteiger charge is 2.30. The molecule has 9 nitrogen and oxygen atoms in total. The lowest BCUT2D eigenvalue weighted by Crippen LogP contribution is -2.46. The average Bonchev–Trinajstić information content (AvgIpc) is 2.89. The first-order chi connectivity index (χ1) is 14.0. The van der Waals surface area contributed by atoms with Crippen LogP contribution in [0.15, 0.2) is 47.3 Å². The van der Waals surface area contributed by atoms with E-state index in [1.54, 1.807) is 30.8 Å². The topological polar surface area (TPSA) is 143 Å². The zero-order valence-corrected chi connectivity index (χ0v) is 16.9. The molecule has 3 aromatic rings. The Morgan fingerprint density at radius 1 is 1.17 bits per heavy atom. The van der Waals surface area contributed by atoms with Crippen LogP contribution in [0.2, 0.25) is 0 Å². The second kappa shape index (κ2) is 7.60. The third kappa shape index (κ3) is 3.74. The van der Waals surface area contributed by atoms with Gasteiger partial charge in [-0.15, -0.1) is 0 Å². The van der Waals surface area contributed by atoms with Crippen molar-refractivity contribution in [1.82, 2.24) is 9.36 Å². The number of aromatic hydroxyl groups is 2. The van der Waals surface area contributed by atoms with Gasteiger partial charge in [0, 0.05) is 25.2 Å². The third-order valence-electron chi connectivity index (χ3n) is 5.06. The van der Waals surface area contributed by atoms with Gasteiger partial charge in [0.25, 0.3) is 5.56 Å². The quantitative estimate of drug-likeness (QED) is 0.308. The molecule has 1 atom stereocenters. The number of rotatable bonds is 6. The summed E-state index contributed by atoms with van der Waals surface area (Å²) in [5.74, 6) is -2.04. The first-order valence-corrected chi connectivity index (χ1v) is 9.21. The summed E-state index contributed by atoms with van der Waals surface area (Å²) in [7, 11) is 1.74. The summed E-state index contributed by atoms with van der Waals surface area (Å²) in [6.07, 6.45) is -0.142. The zero-order valence-electron chi connectivity index (χ0n) is 16.9. The minimum atomic E-state index is -1.62.